The molecule has 1 amide bonds. The largest absolute Gasteiger partial charge is 0.450 e. The van der Waals surface area contributed by atoms with Crippen molar-refractivity contribution in [3.05, 3.63) is 34.4 Å². The van der Waals surface area contributed by atoms with Gasteiger partial charge in [0.15, 0.2) is 5.96 Å². The number of ether oxygens (including phenoxy) is 1. The third-order valence-electron chi connectivity index (χ3n) is 4.40. The Morgan fingerprint density at radius 2 is 2.10 bits per heavy atom. The van der Waals surface area contributed by atoms with E-state index < -0.39 is 14.9 Å². The van der Waals surface area contributed by atoms with Gasteiger partial charge in [-0.25, -0.2) is 17.9 Å². The number of rotatable bonds is 8. The maximum absolute atomic E-state index is 12.2. The Kier molecular flexibility index (Phi) is 8.35. The Bertz CT molecular complexity index is 882. The van der Waals surface area contributed by atoms with E-state index in [1.54, 1.807) is 11.8 Å². The van der Waals surface area contributed by atoms with E-state index in [1.165, 1.54) is 18.2 Å². The van der Waals surface area contributed by atoms with Crippen LogP contribution in [0.3, 0.4) is 0 Å². The van der Waals surface area contributed by atoms with Crippen LogP contribution in [0.4, 0.5) is 10.5 Å². The second kappa shape index (κ2) is 10.7. The van der Waals surface area contributed by atoms with Crippen LogP contribution in [-0.2, 0) is 14.8 Å². The normalized spacial score (nSPS) is 15.6. The number of carbonyl (C=O) groups is 1. The average Bonchev–Trinajstić information content (AvgIpc) is 2.72. The lowest BCUT2D eigenvalue weighted by Gasteiger charge is -2.31. The molecule has 1 aromatic rings. The topological polar surface area (TPSA) is 169 Å². The van der Waals surface area contributed by atoms with Gasteiger partial charge in [0.1, 0.15) is 0 Å². The van der Waals surface area contributed by atoms with Crippen LogP contribution in [0.15, 0.2) is 34.2 Å². The zero-order valence-corrected chi connectivity index (χ0v) is 17.4. The van der Waals surface area contributed by atoms with E-state index >= 15 is 0 Å². The van der Waals surface area contributed by atoms with Crippen molar-refractivity contribution in [2.75, 3.05) is 32.8 Å². The monoisotopic (exact) mass is 442 g/mol. The molecule has 0 spiro atoms. The fourth-order valence-corrected chi connectivity index (χ4v) is 3.94. The van der Waals surface area contributed by atoms with E-state index in [0.717, 1.165) is 6.07 Å². The second-order valence-electron chi connectivity index (χ2n) is 6.52. The van der Waals surface area contributed by atoms with Crippen molar-refractivity contribution in [1.82, 2.24) is 14.9 Å². The summed E-state index contributed by atoms with van der Waals surface area (Å²) >= 11 is 0. The van der Waals surface area contributed by atoms with Crippen molar-refractivity contribution in [2.45, 2.75) is 30.7 Å². The number of nitrogens with zero attached hydrogens (tertiary/aromatic N) is 3. The summed E-state index contributed by atoms with van der Waals surface area (Å²) in [6.45, 7) is 3.26. The molecule has 1 saturated heterocycles. The van der Waals surface area contributed by atoms with Crippen molar-refractivity contribution in [1.29, 1.82) is 0 Å². The predicted octanol–water partition coefficient (Wildman–Crippen LogP) is 0.398. The van der Waals surface area contributed by atoms with Crippen molar-refractivity contribution < 1.29 is 22.9 Å². The number of benzene rings is 1. The smallest absolute Gasteiger partial charge is 0.409 e. The van der Waals surface area contributed by atoms with E-state index in [0.29, 0.717) is 32.5 Å². The average molecular weight is 442 g/mol. The maximum atomic E-state index is 12.2. The summed E-state index contributed by atoms with van der Waals surface area (Å²) in [4.78, 5) is 27.3. The molecule has 0 aliphatic carbocycles. The number of sulfonamides is 1. The molecule has 1 aromatic carbocycles. The number of nitrogens with two attached hydrogens (primary N) is 1. The molecule has 4 N–H and O–H groups in total. The lowest BCUT2D eigenvalue weighted by molar-refractivity contribution is -0.385. The molecule has 1 heterocycles. The molecule has 1 aliphatic rings. The van der Waals surface area contributed by atoms with Crippen molar-refractivity contribution >= 4 is 27.8 Å². The molecule has 0 radical (unpaired) electrons. The summed E-state index contributed by atoms with van der Waals surface area (Å²) in [5.41, 5.74) is 5.54. The number of hydrogen-bond donors (Lipinski definition) is 3. The van der Waals surface area contributed by atoms with Crippen molar-refractivity contribution in [3.63, 3.8) is 0 Å². The van der Waals surface area contributed by atoms with Crippen LogP contribution in [0.25, 0.3) is 0 Å². The minimum atomic E-state index is -3.89. The Morgan fingerprint density at radius 3 is 2.73 bits per heavy atom. The first-order valence-corrected chi connectivity index (χ1v) is 10.9. The highest BCUT2D eigenvalue weighted by molar-refractivity contribution is 7.89. The molecule has 2 rings (SSSR count). The zero-order chi connectivity index (χ0) is 22.1. The summed E-state index contributed by atoms with van der Waals surface area (Å²) < 4.78 is 31.8. The van der Waals surface area contributed by atoms with Gasteiger partial charge < -0.3 is 20.7 Å². The predicted molar refractivity (Wildman–Crippen MR) is 110 cm³/mol. The number of guanidine groups is 1. The maximum Gasteiger partial charge on any atom is 0.409 e. The van der Waals surface area contributed by atoms with Crippen LogP contribution in [0.5, 0.6) is 0 Å². The molecule has 166 valence electrons. The Morgan fingerprint density at radius 1 is 1.40 bits per heavy atom. The molecule has 12 nitrogen and oxygen atoms in total. The summed E-state index contributed by atoms with van der Waals surface area (Å²) in [6, 6.07) is 4.84. The van der Waals surface area contributed by atoms with Crippen LogP contribution < -0.4 is 15.8 Å². The van der Waals surface area contributed by atoms with Gasteiger partial charge in [-0.1, -0.05) is 6.07 Å². The molecule has 13 heteroatoms. The number of nitro benzene ring substituents is 1. The first-order chi connectivity index (χ1) is 14.2. The quantitative estimate of drug-likeness (QED) is 0.171. The third kappa shape index (κ3) is 6.84. The molecule has 0 atom stereocenters. The van der Waals surface area contributed by atoms with E-state index in [-0.39, 0.29) is 41.8 Å². The molecular formula is C17H26N6O6S. The van der Waals surface area contributed by atoms with Gasteiger partial charge in [0.2, 0.25) is 10.0 Å². The lowest BCUT2D eigenvalue weighted by Crippen LogP contribution is -2.48. The first-order valence-electron chi connectivity index (χ1n) is 9.45. The minimum Gasteiger partial charge on any atom is -0.450 e. The summed E-state index contributed by atoms with van der Waals surface area (Å²) in [5.74, 6) is 0.180. The van der Waals surface area contributed by atoms with Crippen molar-refractivity contribution in [3.8, 4) is 0 Å². The fourth-order valence-electron chi connectivity index (χ4n) is 2.88. The number of piperidine rings is 1. The number of likely N-dealkylation sites (tertiary alicyclic amines) is 1. The van der Waals surface area contributed by atoms with Gasteiger partial charge >= 0.3 is 6.09 Å². The van der Waals surface area contributed by atoms with Gasteiger partial charge in [-0.2, -0.15) is 0 Å². The van der Waals surface area contributed by atoms with Gasteiger partial charge in [-0.3, -0.25) is 15.1 Å². The lowest BCUT2D eigenvalue weighted by atomic mass is 10.1. The minimum absolute atomic E-state index is 0.0191. The summed E-state index contributed by atoms with van der Waals surface area (Å²) in [6.07, 6.45) is 1.05. The van der Waals surface area contributed by atoms with Crippen LogP contribution in [0, 0.1) is 10.1 Å². The standard InChI is InChI=1S/C17H26N6O6S/c1-2-29-17(24)22-10-6-13(7-11-22)21-16(18)19-8-9-20-30(27,28)15-5-3-4-14(12-15)23(25)26/h3-5,12-13,20H,2,6-11H2,1H3,(H3,18,19,21). The van der Waals surface area contributed by atoms with E-state index in [9.17, 15) is 23.3 Å². The van der Waals surface area contributed by atoms with Gasteiger partial charge in [0.25, 0.3) is 5.69 Å². The Labute approximate surface area is 174 Å². The number of nitrogens with one attached hydrogen (secondary N) is 2. The SMILES string of the molecule is CCOC(=O)N1CCC(NC(N)=NCCNS(=O)(=O)c2cccc([N+](=O)[O-])c2)CC1. The number of aliphatic imine (C=N–C) groups is 1. The van der Waals surface area contributed by atoms with Crippen molar-refractivity contribution in [2.24, 2.45) is 10.7 Å². The number of carbonyl (C=O) groups excluding carboxylic acids is 1. The van der Waals surface area contributed by atoms with E-state index in [2.05, 4.69) is 15.0 Å². The Balaban J connectivity index is 1.77. The molecule has 0 saturated carbocycles. The highest BCUT2D eigenvalue weighted by Gasteiger charge is 2.23. The zero-order valence-electron chi connectivity index (χ0n) is 16.6. The third-order valence-corrected chi connectivity index (χ3v) is 5.86. The van der Waals surface area contributed by atoms with Gasteiger partial charge in [0, 0.05) is 37.8 Å². The molecule has 0 unspecified atom stereocenters. The number of nitro groups is 1. The highest BCUT2D eigenvalue weighted by atomic mass is 32.2. The number of amides is 1. The van der Waals surface area contributed by atoms with Gasteiger partial charge in [0.05, 0.1) is 23.0 Å². The summed E-state index contributed by atoms with van der Waals surface area (Å²) in [7, 11) is -3.89. The van der Waals surface area contributed by atoms with Crippen LogP contribution in [0.1, 0.15) is 19.8 Å². The molecule has 0 aromatic heterocycles. The number of non-ortho nitro benzene ring substituents is 1. The molecule has 0 bridgehead atoms. The first kappa shape index (κ1) is 23.3. The van der Waals surface area contributed by atoms with Gasteiger partial charge in [-0.15, -0.1) is 0 Å². The van der Waals surface area contributed by atoms with Crippen LogP contribution in [-0.4, -0.2) is 69.1 Å². The Hall–Kier alpha value is -2.93. The molecule has 1 aliphatic heterocycles. The fraction of sp³-hybridized carbons (Fsp3) is 0.529. The van der Waals surface area contributed by atoms with Gasteiger partial charge in [-0.05, 0) is 25.8 Å². The van der Waals surface area contributed by atoms with Crippen LogP contribution >= 0.6 is 0 Å². The second-order valence-corrected chi connectivity index (χ2v) is 8.29. The van der Waals surface area contributed by atoms with Crippen LogP contribution in [0.2, 0.25) is 0 Å². The summed E-state index contributed by atoms with van der Waals surface area (Å²) in [5, 5.41) is 13.8. The molecule has 30 heavy (non-hydrogen) atoms. The molecular weight excluding hydrogens is 416 g/mol. The molecule has 1 fully saturated rings. The van der Waals surface area contributed by atoms with E-state index in [1.807, 2.05) is 0 Å². The number of hydrogen-bond acceptors (Lipinski definition) is 7. The highest BCUT2D eigenvalue weighted by Crippen LogP contribution is 2.17. The van der Waals surface area contributed by atoms with E-state index in [4.69, 9.17) is 10.5 Å².